The molecule has 2 heterocycles. The highest BCUT2D eigenvalue weighted by atomic mass is 16.5. The zero-order valence-electron chi connectivity index (χ0n) is 18.6. The lowest BCUT2D eigenvalue weighted by molar-refractivity contribution is -0.138. The zero-order chi connectivity index (χ0) is 22.8. The van der Waals surface area contributed by atoms with E-state index in [0.717, 1.165) is 17.7 Å². The SMILES string of the molecule is CC(=O)Nc1ccc(C2=C(N3CCc4ccccc43)C(=O)N(CCOC(C)C)C2=O)cc1. The van der Waals surface area contributed by atoms with Gasteiger partial charge in [-0.2, -0.15) is 0 Å². The average molecular weight is 434 g/mol. The second-order valence-corrected chi connectivity index (χ2v) is 8.19. The number of fused-ring (bicyclic) bond motifs is 1. The highest BCUT2D eigenvalue weighted by molar-refractivity contribution is 6.36. The van der Waals surface area contributed by atoms with Gasteiger partial charge in [0.25, 0.3) is 11.8 Å². The van der Waals surface area contributed by atoms with Crippen molar-refractivity contribution in [2.75, 3.05) is 29.9 Å². The normalized spacial score (nSPS) is 15.8. The van der Waals surface area contributed by atoms with Crippen LogP contribution in [0.3, 0.4) is 0 Å². The quantitative estimate of drug-likeness (QED) is 0.679. The van der Waals surface area contributed by atoms with E-state index in [9.17, 15) is 14.4 Å². The molecule has 0 fully saturated rings. The van der Waals surface area contributed by atoms with Crippen LogP contribution in [0.5, 0.6) is 0 Å². The third-order valence-electron chi connectivity index (χ3n) is 5.56. The molecule has 0 unspecified atom stereocenters. The standard InChI is InChI=1S/C25H27N3O4/c1-16(2)32-15-14-28-24(30)22(19-8-10-20(11-9-19)26-17(3)29)23(25(28)31)27-13-12-18-6-4-5-7-21(18)27/h4-11,16H,12-15H2,1-3H3,(H,26,29). The van der Waals surface area contributed by atoms with Crippen LogP contribution in [-0.2, 0) is 25.5 Å². The summed E-state index contributed by atoms with van der Waals surface area (Å²) in [5.74, 6) is -0.802. The third-order valence-corrected chi connectivity index (χ3v) is 5.56. The van der Waals surface area contributed by atoms with Gasteiger partial charge in [-0.3, -0.25) is 19.3 Å². The number of amides is 3. The van der Waals surface area contributed by atoms with Crippen molar-refractivity contribution in [3.63, 3.8) is 0 Å². The fraction of sp³-hybridized carbons (Fsp3) is 0.320. The number of carbonyl (C=O) groups is 3. The van der Waals surface area contributed by atoms with Gasteiger partial charge in [0, 0.05) is 24.8 Å². The van der Waals surface area contributed by atoms with E-state index in [1.165, 1.54) is 11.8 Å². The predicted molar refractivity (Wildman–Crippen MR) is 123 cm³/mol. The van der Waals surface area contributed by atoms with Crippen LogP contribution in [0.4, 0.5) is 11.4 Å². The summed E-state index contributed by atoms with van der Waals surface area (Å²) in [5, 5.41) is 2.72. The Balaban J connectivity index is 1.73. The Labute approximate surface area is 187 Å². The number of para-hydroxylation sites is 1. The largest absolute Gasteiger partial charge is 0.377 e. The molecular weight excluding hydrogens is 406 g/mol. The minimum Gasteiger partial charge on any atom is -0.377 e. The van der Waals surface area contributed by atoms with Crippen molar-refractivity contribution in [3.8, 4) is 0 Å². The lowest BCUT2D eigenvalue weighted by Crippen LogP contribution is -2.37. The molecule has 0 aliphatic carbocycles. The van der Waals surface area contributed by atoms with Gasteiger partial charge in [-0.25, -0.2) is 0 Å². The highest BCUT2D eigenvalue weighted by Crippen LogP contribution is 2.38. The van der Waals surface area contributed by atoms with Crippen LogP contribution in [0, 0.1) is 0 Å². The summed E-state index contributed by atoms with van der Waals surface area (Å²) in [6.07, 6.45) is 0.827. The number of ether oxygens (including phenoxy) is 1. The Bertz CT molecular complexity index is 1090. The minimum atomic E-state index is -0.325. The van der Waals surface area contributed by atoms with E-state index in [1.807, 2.05) is 43.0 Å². The van der Waals surface area contributed by atoms with Gasteiger partial charge in [-0.1, -0.05) is 30.3 Å². The third kappa shape index (κ3) is 4.16. The summed E-state index contributed by atoms with van der Waals surface area (Å²) in [6, 6.07) is 15.0. The molecule has 0 saturated carbocycles. The number of hydrogen-bond acceptors (Lipinski definition) is 5. The summed E-state index contributed by atoms with van der Waals surface area (Å²) < 4.78 is 5.59. The van der Waals surface area contributed by atoms with Crippen LogP contribution in [0.1, 0.15) is 31.9 Å². The molecule has 2 aromatic rings. The molecule has 4 rings (SSSR count). The van der Waals surface area contributed by atoms with Gasteiger partial charge < -0.3 is 15.0 Å². The van der Waals surface area contributed by atoms with Crippen molar-refractivity contribution in [1.29, 1.82) is 0 Å². The lowest BCUT2D eigenvalue weighted by Gasteiger charge is -2.22. The van der Waals surface area contributed by atoms with E-state index in [2.05, 4.69) is 5.32 Å². The molecule has 0 spiro atoms. The number of nitrogens with one attached hydrogen (secondary N) is 1. The maximum atomic E-state index is 13.5. The molecule has 32 heavy (non-hydrogen) atoms. The first kappa shape index (κ1) is 21.8. The molecule has 0 radical (unpaired) electrons. The van der Waals surface area contributed by atoms with E-state index in [1.54, 1.807) is 24.3 Å². The number of anilines is 2. The van der Waals surface area contributed by atoms with Gasteiger partial charge in [0.1, 0.15) is 5.70 Å². The number of imide groups is 1. The molecule has 0 saturated heterocycles. The molecule has 3 amide bonds. The second kappa shape index (κ2) is 8.96. The Kier molecular flexibility index (Phi) is 6.10. The van der Waals surface area contributed by atoms with E-state index in [-0.39, 0.29) is 37.0 Å². The summed E-state index contributed by atoms with van der Waals surface area (Å²) in [4.78, 5) is 41.5. The molecule has 1 N–H and O–H groups in total. The first-order valence-corrected chi connectivity index (χ1v) is 10.8. The van der Waals surface area contributed by atoms with E-state index >= 15 is 0 Å². The smallest absolute Gasteiger partial charge is 0.278 e. The number of carbonyl (C=O) groups excluding carboxylic acids is 3. The van der Waals surface area contributed by atoms with Crippen LogP contribution < -0.4 is 10.2 Å². The molecule has 7 nitrogen and oxygen atoms in total. The van der Waals surface area contributed by atoms with Crippen molar-refractivity contribution < 1.29 is 19.1 Å². The highest BCUT2D eigenvalue weighted by Gasteiger charge is 2.43. The van der Waals surface area contributed by atoms with Gasteiger partial charge in [0.15, 0.2) is 0 Å². The first-order chi connectivity index (χ1) is 15.4. The molecule has 7 heteroatoms. The van der Waals surface area contributed by atoms with Crippen molar-refractivity contribution in [3.05, 3.63) is 65.4 Å². The molecule has 2 aromatic carbocycles. The molecule has 2 aliphatic heterocycles. The van der Waals surface area contributed by atoms with Gasteiger partial charge in [-0.05, 0) is 49.6 Å². The maximum Gasteiger partial charge on any atom is 0.278 e. The number of rotatable bonds is 7. The Morgan fingerprint density at radius 1 is 1.06 bits per heavy atom. The van der Waals surface area contributed by atoms with Gasteiger partial charge >= 0.3 is 0 Å². The zero-order valence-corrected chi connectivity index (χ0v) is 18.6. The van der Waals surface area contributed by atoms with Crippen molar-refractivity contribution in [1.82, 2.24) is 4.90 Å². The van der Waals surface area contributed by atoms with Gasteiger partial charge in [0.2, 0.25) is 5.91 Å². The summed E-state index contributed by atoms with van der Waals surface area (Å²) in [6.45, 7) is 6.39. The summed E-state index contributed by atoms with van der Waals surface area (Å²) >= 11 is 0. The molecule has 0 atom stereocenters. The number of benzene rings is 2. The van der Waals surface area contributed by atoms with Crippen molar-refractivity contribution >= 4 is 34.7 Å². The topological polar surface area (TPSA) is 79.0 Å². The molecule has 2 aliphatic rings. The van der Waals surface area contributed by atoms with E-state index < -0.39 is 0 Å². The average Bonchev–Trinajstić information content (AvgIpc) is 3.27. The van der Waals surface area contributed by atoms with Gasteiger partial charge in [-0.15, -0.1) is 0 Å². The van der Waals surface area contributed by atoms with Crippen LogP contribution in [0.25, 0.3) is 5.57 Å². The monoisotopic (exact) mass is 433 g/mol. The Hall–Kier alpha value is -3.45. The number of hydrogen-bond donors (Lipinski definition) is 1. The molecule has 166 valence electrons. The predicted octanol–water partition coefficient (Wildman–Crippen LogP) is 3.21. The van der Waals surface area contributed by atoms with Crippen LogP contribution in [-0.4, -0.2) is 48.4 Å². The fourth-order valence-corrected chi connectivity index (χ4v) is 4.15. The van der Waals surface area contributed by atoms with Crippen LogP contribution >= 0.6 is 0 Å². The van der Waals surface area contributed by atoms with Crippen LogP contribution in [0.15, 0.2) is 54.2 Å². The number of nitrogens with zero attached hydrogens (tertiary/aromatic N) is 2. The van der Waals surface area contributed by atoms with E-state index in [0.29, 0.717) is 29.1 Å². The summed E-state index contributed by atoms with van der Waals surface area (Å²) in [5.41, 5.74) is 4.17. The minimum absolute atomic E-state index is 0.0153. The summed E-state index contributed by atoms with van der Waals surface area (Å²) in [7, 11) is 0. The molecular formula is C25H27N3O4. The van der Waals surface area contributed by atoms with Crippen molar-refractivity contribution in [2.45, 2.75) is 33.3 Å². The van der Waals surface area contributed by atoms with E-state index in [4.69, 9.17) is 4.74 Å². The van der Waals surface area contributed by atoms with Gasteiger partial charge in [0.05, 0.1) is 24.8 Å². The van der Waals surface area contributed by atoms with Crippen molar-refractivity contribution in [2.24, 2.45) is 0 Å². The Morgan fingerprint density at radius 3 is 2.47 bits per heavy atom. The van der Waals surface area contributed by atoms with Crippen LogP contribution in [0.2, 0.25) is 0 Å². The lowest BCUT2D eigenvalue weighted by atomic mass is 10.0. The first-order valence-electron chi connectivity index (χ1n) is 10.8. The maximum absolute atomic E-state index is 13.5. The fourth-order valence-electron chi connectivity index (χ4n) is 4.15. The Morgan fingerprint density at radius 2 is 1.78 bits per heavy atom. The molecule has 0 bridgehead atoms. The second-order valence-electron chi connectivity index (χ2n) is 8.19. The molecule has 0 aromatic heterocycles.